The van der Waals surface area contributed by atoms with Gasteiger partial charge in [0.25, 0.3) is 5.91 Å². The van der Waals surface area contributed by atoms with Gasteiger partial charge in [0, 0.05) is 25.1 Å². The molecule has 2 amide bonds. The lowest BCUT2D eigenvalue weighted by molar-refractivity contribution is -0.122. The SMILES string of the molecule is NC(=O)c1cc(N2CCCC(C(N)=O)C2)nc(C2CC2)n1. The maximum absolute atomic E-state index is 11.4. The molecule has 0 radical (unpaired) electrons. The van der Waals surface area contributed by atoms with Crippen molar-refractivity contribution in [3.05, 3.63) is 17.6 Å². The molecule has 7 heteroatoms. The van der Waals surface area contributed by atoms with E-state index in [2.05, 4.69) is 9.97 Å². The monoisotopic (exact) mass is 289 g/mol. The number of aromatic nitrogens is 2. The van der Waals surface area contributed by atoms with Gasteiger partial charge >= 0.3 is 0 Å². The van der Waals surface area contributed by atoms with Crippen LogP contribution in [-0.4, -0.2) is 34.9 Å². The van der Waals surface area contributed by atoms with Gasteiger partial charge in [-0.3, -0.25) is 9.59 Å². The van der Waals surface area contributed by atoms with Gasteiger partial charge in [0.05, 0.1) is 5.92 Å². The Hall–Kier alpha value is -2.18. The lowest BCUT2D eigenvalue weighted by Crippen LogP contribution is -2.41. The van der Waals surface area contributed by atoms with Crippen LogP contribution >= 0.6 is 0 Å². The first-order chi connectivity index (χ1) is 10.0. The highest BCUT2D eigenvalue weighted by Crippen LogP contribution is 2.38. The third-order valence-corrected chi connectivity index (χ3v) is 4.07. The molecule has 2 heterocycles. The Kier molecular flexibility index (Phi) is 3.48. The van der Waals surface area contributed by atoms with Crippen molar-refractivity contribution in [2.24, 2.45) is 17.4 Å². The van der Waals surface area contributed by atoms with Gasteiger partial charge in [0.1, 0.15) is 17.3 Å². The van der Waals surface area contributed by atoms with E-state index >= 15 is 0 Å². The van der Waals surface area contributed by atoms with Crippen molar-refractivity contribution in [3.8, 4) is 0 Å². The molecule has 7 nitrogen and oxygen atoms in total. The summed E-state index contributed by atoms with van der Waals surface area (Å²) < 4.78 is 0. The van der Waals surface area contributed by atoms with E-state index < -0.39 is 5.91 Å². The summed E-state index contributed by atoms with van der Waals surface area (Å²) in [5.74, 6) is 0.680. The van der Waals surface area contributed by atoms with Crippen molar-refractivity contribution in [2.75, 3.05) is 18.0 Å². The van der Waals surface area contributed by atoms with Crippen molar-refractivity contribution >= 4 is 17.6 Å². The number of amides is 2. The van der Waals surface area contributed by atoms with E-state index in [9.17, 15) is 9.59 Å². The Balaban J connectivity index is 1.89. The molecule has 1 aliphatic carbocycles. The summed E-state index contributed by atoms with van der Waals surface area (Å²) in [5, 5.41) is 0. The van der Waals surface area contributed by atoms with Crippen LogP contribution in [0.1, 0.15) is 47.9 Å². The normalized spacial score (nSPS) is 22.1. The molecular weight excluding hydrogens is 270 g/mol. The zero-order valence-electron chi connectivity index (χ0n) is 11.8. The van der Waals surface area contributed by atoms with E-state index in [0.717, 1.165) is 32.2 Å². The minimum absolute atomic E-state index is 0.171. The first kappa shape index (κ1) is 13.8. The zero-order chi connectivity index (χ0) is 15.0. The van der Waals surface area contributed by atoms with Gasteiger partial charge in [-0.25, -0.2) is 9.97 Å². The van der Waals surface area contributed by atoms with Crippen LogP contribution in [0, 0.1) is 5.92 Å². The molecule has 1 saturated carbocycles. The molecule has 1 unspecified atom stereocenters. The van der Waals surface area contributed by atoms with Crippen LogP contribution in [0.4, 0.5) is 5.82 Å². The Morgan fingerprint density at radius 2 is 1.95 bits per heavy atom. The second kappa shape index (κ2) is 5.31. The first-order valence-electron chi connectivity index (χ1n) is 7.27. The average Bonchev–Trinajstić information content (AvgIpc) is 3.31. The number of carbonyl (C=O) groups excluding carboxylic acids is 2. The van der Waals surface area contributed by atoms with Crippen LogP contribution in [0.15, 0.2) is 6.07 Å². The molecular formula is C14H19N5O2. The molecule has 2 fully saturated rings. The van der Waals surface area contributed by atoms with Crippen LogP contribution in [-0.2, 0) is 4.79 Å². The Labute approximate surface area is 122 Å². The number of hydrogen-bond donors (Lipinski definition) is 2. The van der Waals surface area contributed by atoms with Crippen molar-refractivity contribution in [1.82, 2.24) is 9.97 Å². The number of anilines is 1. The van der Waals surface area contributed by atoms with Crippen LogP contribution in [0.3, 0.4) is 0 Å². The largest absolute Gasteiger partial charge is 0.369 e. The van der Waals surface area contributed by atoms with Crippen LogP contribution in [0.2, 0.25) is 0 Å². The zero-order valence-corrected chi connectivity index (χ0v) is 11.8. The molecule has 0 bridgehead atoms. The van der Waals surface area contributed by atoms with Gasteiger partial charge in [-0.1, -0.05) is 0 Å². The Morgan fingerprint density at radius 1 is 1.19 bits per heavy atom. The molecule has 1 aliphatic heterocycles. The van der Waals surface area contributed by atoms with E-state index in [4.69, 9.17) is 11.5 Å². The molecule has 112 valence electrons. The summed E-state index contributed by atoms with van der Waals surface area (Å²) in [5.41, 5.74) is 11.0. The number of rotatable bonds is 4. The number of piperidine rings is 1. The van der Waals surface area contributed by atoms with Crippen molar-refractivity contribution in [2.45, 2.75) is 31.6 Å². The first-order valence-corrected chi connectivity index (χ1v) is 7.27. The molecule has 1 saturated heterocycles. The second-order valence-electron chi connectivity index (χ2n) is 5.80. The number of hydrogen-bond acceptors (Lipinski definition) is 5. The minimum atomic E-state index is -0.552. The smallest absolute Gasteiger partial charge is 0.267 e. The van der Waals surface area contributed by atoms with Gasteiger partial charge in [-0.2, -0.15) is 0 Å². The molecule has 1 aromatic rings. The maximum atomic E-state index is 11.4. The molecule has 3 rings (SSSR count). The lowest BCUT2D eigenvalue weighted by Gasteiger charge is -2.32. The number of nitrogens with zero attached hydrogens (tertiary/aromatic N) is 3. The summed E-state index contributed by atoms with van der Waals surface area (Å²) >= 11 is 0. The molecule has 1 atom stereocenters. The third kappa shape index (κ3) is 2.96. The van der Waals surface area contributed by atoms with Gasteiger partial charge in [-0.05, 0) is 25.7 Å². The number of primary amides is 2. The van der Waals surface area contributed by atoms with Gasteiger partial charge in [-0.15, -0.1) is 0 Å². The van der Waals surface area contributed by atoms with Crippen LogP contribution in [0.25, 0.3) is 0 Å². The van der Waals surface area contributed by atoms with E-state index in [-0.39, 0.29) is 17.5 Å². The average molecular weight is 289 g/mol. The van der Waals surface area contributed by atoms with Gasteiger partial charge < -0.3 is 16.4 Å². The predicted molar refractivity (Wildman–Crippen MR) is 76.7 cm³/mol. The number of carbonyl (C=O) groups is 2. The molecule has 21 heavy (non-hydrogen) atoms. The lowest BCUT2D eigenvalue weighted by atomic mass is 9.97. The minimum Gasteiger partial charge on any atom is -0.369 e. The molecule has 0 spiro atoms. The third-order valence-electron chi connectivity index (χ3n) is 4.07. The fourth-order valence-corrected chi connectivity index (χ4v) is 2.68. The van der Waals surface area contributed by atoms with Crippen molar-refractivity contribution < 1.29 is 9.59 Å². The predicted octanol–water partition coefficient (Wildman–Crippen LogP) is 0.155. The van der Waals surface area contributed by atoms with E-state index in [1.54, 1.807) is 6.07 Å². The highest BCUT2D eigenvalue weighted by molar-refractivity contribution is 5.91. The van der Waals surface area contributed by atoms with Crippen LogP contribution < -0.4 is 16.4 Å². The maximum Gasteiger partial charge on any atom is 0.267 e. The fourth-order valence-electron chi connectivity index (χ4n) is 2.68. The number of nitrogens with two attached hydrogens (primary N) is 2. The Bertz CT molecular complexity index is 585. The molecule has 2 aliphatic rings. The quantitative estimate of drug-likeness (QED) is 0.819. The van der Waals surface area contributed by atoms with E-state index in [0.29, 0.717) is 24.1 Å². The van der Waals surface area contributed by atoms with Crippen LogP contribution in [0.5, 0.6) is 0 Å². The Morgan fingerprint density at radius 3 is 2.57 bits per heavy atom. The summed E-state index contributed by atoms with van der Waals surface area (Å²) in [6.07, 6.45) is 3.77. The summed E-state index contributed by atoms with van der Waals surface area (Å²) in [4.78, 5) is 33.6. The summed E-state index contributed by atoms with van der Waals surface area (Å²) in [6.45, 7) is 1.33. The van der Waals surface area contributed by atoms with Crippen molar-refractivity contribution in [3.63, 3.8) is 0 Å². The summed E-state index contributed by atoms with van der Waals surface area (Å²) in [7, 11) is 0. The molecule has 4 N–H and O–H groups in total. The van der Waals surface area contributed by atoms with Crippen molar-refractivity contribution in [1.29, 1.82) is 0 Å². The molecule has 1 aromatic heterocycles. The summed E-state index contributed by atoms with van der Waals surface area (Å²) in [6, 6.07) is 1.61. The van der Waals surface area contributed by atoms with E-state index in [1.165, 1.54) is 0 Å². The fraction of sp³-hybridized carbons (Fsp3) is 0.571. The second-order valence-corrected chi connectivity index (χ2v) is 5.80. The standard InChI is InChI=1S/C14H19N5O2/c15-12(20)9-2-1-5-19(7-9)11-6-10(13(16)21)17-14(18-11)8-3-4-8/h6,8-9H,1-5,7H2,(H2,15,20)(H2,16,21). The van der Waals surface area contributed by atoms with E-state index in [1.807, 2.05) is 4.90 Å². The van der Waals surface area contributed by atoms with Gasteiger partial charge in [0.15, 0.2) is 0 Å². The van der Waals surface area contributed by atoms with Gasteiger partial charge in [0.2, 0.25) is 5.91 Å². The topological polar surface area (TPSA) is 115 Å². The highest BCUT2D eigenvalue weighted by atomic mass is 16.1. The highest BCUT2D eigenvalue weighted by Gasteiger charge is 2.30. The molecule has 0 aromatic carbocycles.